The molecule has 0 saturated carbocycles. The van der Waals surface area contributed by atoms with Gasteiger partial charge in [-0.25, -0.2) is 8.42 Å². The van der Waals surface area contributed by atoms with E-state index < -0.39 is 28.5 Å². The van der Waals surface area contributed by atoms with Crippen molar-refractivity contribution in [3.05, 3.63) is 88.4 Å². The van der Waals surface area contributed by atoms with Gasteiger partial charge in [0.2, 0.25) is 11.8 Å². The number of sulfonamides is 1. The number of hydrogen-bond acceptors (Lipinski definition) is 5. The number of carbonyl (C=O) groups is 2. The van der Waals surface area contributed by atoms with E-state index in [1.807, 2.05) is 20.8 Å². The second-order valence-corrected chi connectivity index (χ2v) is 12.7. The molecule has 0 heterocycles. The van der Waals surface area contributed by atoms with Gasteiger partial charge in [-0.3, -0.25) is 13.9 Å². The number of ether oxygens (including phenoxy) is 1. The largest absolute Gasteiger partial charge is 0.497 e. The summed E-state index contributed by atoms with van der Waals surface area (Å²) in [5, 5.41) is 3.21. The topological polar surface area (TPSA) is 96.0 Å². The Labute approximate surface area is 248 Å². The number of amides is 2. The van der Waals surface area contributed by atoms with E-state index in [2.05, 4.69) is 5.32 Å². The molecule has 3 rings (SSSR count). The first-order chi connectivity index (χ1) is 19.3. The first-order valence-corrected chi connectivity index (χ1v) is 15.2. The molecule has 220 valence electrons. The van der Waals surface area contributed by atoms with E-state index in [0.717, 1.165) is 15.4 Å². The van der Waals surface area contributed by atoms with Gasteiger partial charge >= 0.3 is 0 Å². The Morgan fingerprint density at radius 1 is 0.951 bits per heavy atom. The van der Waals surface area contributed by atoms with Gasteiger partial charge in [-0.1, -0.05) is 61.3 Å². The first kappa shape index (κ1) is 32.0. The molecule has 0 saturated heterocycles. The van der Waals surface area contributed by atoms with Crippen molar-refractivity contribution in [1.29, 1.82) is 0 Å². The van der Waals surface area contributed by atoms with Crippen LogP contribution in [-0.2, 0) is 26.2 Å². The quantitative estimate of drug-likeness (QED) is 0.303. The van der Waals surface area contributed by atoms with Crippen molar-refractivity contribution in [3.8, 4) is 5.75 Å². The van der Waals surface area contributed by atoms with E-state index >= 15 is 0 Å². The Hall–Kier alpha value is -3.56. The Morgan fingerprint density at radius 2 is 1.59 bits per heavy atom. The first-order valence-electron chi connectivity index (χ1n) is 13.4. The molecule has 10 heteroatoms. The molecule has 0 radical (unpaired) electrons. The predicted molar refractivity (Wildman–Crippen MR) is 163 cm³/mol. The van der Waals surface area contributed by atoms with Crippen LogP contribution in [-0.4, -0.2) is 51.4 Å². The zero-order valence-corrected chi connectivity index (χ0v) is 25.9. The predicted octanol–water partition coefficient (Wildman–Crippen LogP) is 5.35. The van der Waals surface area contributed by atoms with E-state index in [1.165, 1.54) is 23.1 Å². The molecule has 2 amide bonds. The third-order valence-electron chi connectivity index (χ3n) is 6.69. The fourth-order valence-electron chi connectivity index (χ4n) is 4.16. The molecule has 1 N–H and O–H groups in total. The average molecular weight is 600 g/mol. The molecule has 0 bridgehead atoms. The van der Waals surface area contributed by atoms with Gasteiger partial charge in [0, 0.05) is 18.1 Å². The lowest BCUT2D eigenvalue weighted by Crippen LogP contribution is -2.51. The number of hydrogen-bond donors (Lipinski definition) is 1. The Morgan fingerprint density at radius 3 is 2.17 bits per heavy atom. The summed E-state index contributed by atoms with van der Waals surface area (Å²) in [5.74, 6) is 0.00880. The zero-order chi connectivity index (χ0) is 30.3. The molecule has 0 aliphatic carbocycles. The molecule has 8 nitrogen and oxygen atoms in total. The lowest BCUT2D eigenvalue weighted by molar-refractivity contribution is -0.139. The van der Waals surface area contributed by atoms with Crippen LogP contribution >= 0.6 is 11.6 Å². The highest BCUT2D eigenvalue weighted by atomic mass is 35.5. The number of nitrogens with zero attached hydrogens (tertiary/aromatic N) is 2. The second kappa shape index (κ2) is 13.9. The SMILES string of the molecule is COc1ccc(CN(C(=O)CN(c2cc(Cl)ccc2C)S(=O)(=O)c2ccc(C)cc2)C(C)C(=O)NCC(C)C)cc1. The van der Waals surface area contributed by atoms with Crippen molar-refractivity contribution >= 4 is 39.1 Å². The average Bonchev–Trinajstić information content (AvgIpc) is 2.94. The minimum Gasteiger partial charge on any atom is -0.497 e. The molecule has 0 fully saturated rings. The number of methoxy groups -OCH3 is 1. The van der Waals surface area contributed by atoms with E-state index in [9.17, 15) is 18.0 Å². The highest BCUT2D eigenvalue weighted by Crippen LogP contribution is 2.30. The number of benzene rings is 3. The minimum atomic E-state index is -4.18. The standard InChI is InChI=1S/C31H38ClN3O5S/c1-21(2)18-33-31(37)24(5)34(19-25-10-13-27(40-6)14-11-25)30(36)20-35(29-17-26(32)12-9-23(29)4)41(38,39)28-15-7-22(3)8-16-28/h7-17,21,24H,18-20H2,1-6H3,(H,33,37). The summed E-state index contributed by atoms with van der Waals surface area (Å²) in [7, 11) is -2.62. The normalized spacial score (nSPS) is 12.1. The van der Waals surface area contributed by atoms with Gasteiger partial charge in [0.25, 0.3) is 10.0 Å². The maximum atomic E-state index is 14.0. The zero-order valence-electron chi connectivity index (χ0n) is 24.3. The van der Waals surface area contributed by atoms with Crippen LogP contribution in [0.25, 0.3) is 0 Å². The molecule has 0 aliphatic rings. The Balaban J connectivity index is 2.05. The number of rotatable bonds is 12. The fourth-order valence-corrected chi connectivity index (χ4v) is 5.80. The van der Waals surface area contributed by atoms with Gasteiger partial charge in [0.15, 0.2) is 0 Å². The van der Waals surface area contributed by atoms with Crippen LogP contribution < -0.4 is 14.4 Å². The molecule has 3 aromatic rings. The monoisotopic (exact) mass is 599 g/mol. The van der Waals surface area contributed by atoms with Gasteiger partial charge in [0.05, 0.1) is 17.7 Å². The summed E-state index contributed by atoms with van der Waals surface area (Å²) in [4.78, 5) is 28.6. The summed E-state index contributed by atoms with van der Waals surface area (Å²) in [5.41, 5.74) is 2.57. The van der Waals surface area contributed by atoms with E-state index in [1.54, 1.807) is 69.5 Å². The Kier molecular flexibility index (Phi) is 10.8. The van der Waals surface area contributed by atoms with Gasteiger partial charge in [-0.15, -0.1) is 0 Å². The van der Waals surface area contributed by atoms with Gasteiger partial charge in [0.1, 0.15) is 18.3 Å². The van der Waals surface area contributed by atoms with Crippen LogP contribution in [0.15, 0.2) is 71.6 Å². The third kappa shape index (κ3) is 8.24. The summed E-state index contributed by atoms with van der Waals surface area (Å²) in [6.45, 7) is 9.22. The number of carbonyl (C=O) groups excluding carboxylic acids is 2. The fraction of sp³-hybridized carbons (Fsp3) is 0.355. The van der Waals surface area contributed by atoms with E-state index in [-0.39, 0.29) is 29.0 Å². The van der Waals surface area contributed by atoms with Crippen LogP contribution in [0.2, 0.25) is 5.02 Å². The van der Waals surface area contributed by atoms with Crippen LogP contribution in [0.3, 0.4) is 0 Å². The van der Waals surface area contributed by atoms with Crippen molar-refractivity contribution in [2.45, 2.75) is 52.1 Å². The van der Waals surface area contributed by atoms with Gasteiger partial charge in [-0.05, 0) is 74.2 Å². The van der Waals surface area contributed by atoms with Gasteiger partial charge < -0.3 is 15.0 Å². The van der Waals surface area contributed by atoms with E-state index in [0.29, 0.717) is 22.9 Å². The highest BCUT2D eigenvalue weighted by molar-refractivity contribution is 7.92. The smallest absolute Gasteiger partial charge is 0.264 e. The lowest BCUT2D eigenvalue weighted by atomic mass is 10.1. The minimum absolute atomic E-state index is 0.0414. The molecular formula is C31H38ClN3O5S. The van der Waals surface area contributed by atoms with Crippen molar-refractivity contribution in [3.63, 3.8) is 0 Å². The maximum absolute atomic E-state index is 14.0. The van der Waals surface area contributed by atoms with E-state index in [4.69, 9.17) is 16.3 Å². The van der Waals surface area contributed by atoms with Crippen LogP contribution in [0.4, 0.5) is 5.69 Å². The third-order valence-corrected chi connectivity index (χ3v) is 8.70. The van der Waals surface area contributed by atoms with Crippen molar-refractivity contribution in [2.24, 2.45) is 5.92 Å². The number of aryl methyl sites for hydroxylation is 2. The van der Waals surface area contributed by atoms with Crippen molar-refractivity contribution < 1.29 is 22.7 Å². The van der Waals surface area contributed by atoms with Crippen molar-refractivity contribution in [1.82, 2.24) is 10.2 Å². The highest BCUT2D eigenvalue weighted by Gasteiger charge is 2.33. The molecule has 41 heavy (non-hydrogen) atoms. The summed E-state index contributed by atoms with van der Waals surface area (Å²) < 4.78 is 34.3. The summed E-state index contributed by atoms with van der Waals surface area (Å²) >= 11 is 6.28. The molecule has 0 aromatic heterocycles. The molecule has 0 spiro atoms. The molecule has 3 aromatic carbocycles. The molecule has 1 atom stereocenters. The molecule has 0 aliphatic heterocycles. The second-order valence-electron chi connectivity index (χ2n) is 10.4. The Bertz CT molecular complexity index is 1460. The van der Waals surface area contributed by atoms with Gasteiger partial charge in [-0.2, -0.15) is 0 Å². The molecular weight excluding hydrogens is 562 g/mol. The van der Waals surface area contributed by atoms with Crippen LogP contribution in [0.1, 0.15) is 37.5 Å². The number of halogens is 1. The van der Waals surface area contributed by atoms with Crippen molar-refractivity contribution in [2.75, 3.05) is 24.5 Å². The molecule has 1 unspecified atom stereocenters. The lowest BCUT2D eigenvalue weighted by Gasteiger charge is -2.32. The summed E-state index contributed by atoms with van der Waals surface area (Å²) in [6.07, 6.45) is 0. The van der Waals surface area contributed by atoms with Crippen LogP contribution in [0.5, 0.6) is 5.75 Å². The summed E-state index contributed by atoms with van der Waals surface area (Å²) in [6, 6.07) is 17.6. The number of nitrogens with one attached hydrogen (secondary N) is 1. The maximum Gasteiger partial charge on any atom is 0.264 e. The van der Waals surface area contributed by atoms with Crippen LogP contribution in [0, 0.1) is 19.8 Å². The number of anilines is 1.